The highest BCUT2D eigenvalue weighted by Crippen LogP contribution is 2.18. The Bertz CT molecular complexity index is 723. The fourth-order valence-electron chi connectivity index (χ4n) is 2.72. The van der Waals surface area contributed by atoms with E-state index in [4.69, 9.17) is 11.0 Å². The average molecular weight is 306 g/mol. The molecule has 0 unspecified atom stereocenters. The number of amides is 1. The minimum atomic E-state index is 0.0458. The molecule has 1 amide bonds. The second-order valence-electron chi connectivity index (χ2n) is 5.56. The van der Waals surface area contributed by atoms with Gasteiger partial charge in [0.1, 0.15) is 0 Å². The molecular formula is C18H18N4O. The van der Waals surface area contributed by atoms with Gasteiger partial charge in [-0.1, -0.05) is 0 Å². The molecule has 1 heterocycles. The highest BCUT2D eigenvalue weighted by Gasteiger charge is 2.22. The average Bonchev–Trinajstić information content (AvgIpc) is 2.62. The Morgan fingerprint density at radius 1 is 0.957 bits per heavy atom. The SMILES string of the molecule is N#Cc1ccc(N2CCN(C(=O)c3ccc(N)cc3)CC2)cc1. The Morgan fingerprint density at radius 2 is 1.57 bits per heavy atom. The molecule has 3 rings (SSSR count). The molecule has 0 saturated carbocycles. The molecule has 0 spiro atoms. The van der Waals surface area contributed by atoms with Gasteiger partial charge in [0, 0.05) is 43.1 Å². The van der Waals surface area contributed by atoms with Gasteiger partial charge in [-0.2, -0.15) is 5.26 Å². The van der Waals surface area contributed by atoms with Crippen LogP contribution in [0.15, 0.2) is 48.5 Å². The second-order valence-corrected chi connectivity index (χ2v) is 5.56. The van der Waals surface area contributed by atoms with Crippen molar-refractivity contribution in [3.05, 3.63) is 59.7 Å². The number of nitrogen functional groups attached to an aromatic ring is 1. The van der Waals surface area contributed by atoms with E-state index in [1.165, 1.54) is 0 Å². The van der Waals surface area contributed by atoms with E-state index in [0.717, 1.165) is 18.8 Å². The van der Waals surface area contributed by atoms with E-state index in [1.807, 2.05) is 29.2 Å². The number of rotatable bonds is 2. The molecule has 5 heteroatoms. The lowest BCUT2D eigenvalue weighted by atomic mass is 10.1. The first kappa shape index (κ1) is 14.9. The molecule has 2 aromatic rings. The van der Waals surface area contributed by atoms with Gasteiger partial charge in [0.05, 0.1) is 11.6 Å². The van der Waals surface area contributed by atoms with E-state index in [1.54, 1.807) is 24.3 Å². The zero-order valence-corrected chi connectivity index (χ0v) is 12.8. The van der Waals surface area contributed by atoms with Crippen LogP contribution in [0.4, 0.5) is 11.4 Å². The zero-order chi connectivity index (χ0) is 16.2. The molecule has 0 atom stereocenters. The van der Waals surface area contributed by atoms with Gasteiger partial charge >= 0.3 is 0 Å². The van der Waals surface area contributed by atoms with E-state index in [-0.39, 0.29) is 5.91 Å². The number of anilines is 2. The van der Waals surface area contributed by atoms with E-state index in [2.05, 4.69) is 11.0 Å². The lowest BCUT2D eigenvalue weighted by Gasteiger charge is -2.36. The summed E-state index contributed by atoms with van der Waals surface area (Å²) in [6, 6.07) is 16.7. The third kappa shape index (κ3) is 3.27. The maximum atomic E-state index is 12.5. The quantitative estimate of drug-likeness (QED) is 0.862. The number of nitrogens with two attached hydrogens (primary N) is 1. The van der Waals surface area contributed by atoms with Crippen LogP contribution in [0, 0.1) is 11.3 Å². The van der Waals surface area contributed by atoms with E-state index in [0.29, 0.717) is 29.9 Å². The fourth-order valence-corrected chi connectivity index (χ4v) is 2.72. The van der Waals surface area contributed by atoms with Crippen LogP contribution in [0.25, 0.3) is 0 Å². The molecule has 5 nitrogen and oxygen atoms in total. The summed E-state index contributed by atoms with van der Waals surface area (Å²) in [4.78, 5) is 16.6. The van der Waals surface area contributed by atoms with Crippen LogP contribution in [-0.4, -0.2) is 37.0 Å². The van der Waals surface area contributed by atoms with Crippen molar-refractivity contribution in [2.45, 2.75) is 0 Å². The van der Waals surface area contributed by atoms with Gasteiger partial charge in [0.15, 0.2) is 0 Å². The molecule has 0 radical (unpaired) electrons. The largest absolute Gasteiger partial charge is 0.399 e. The van der Waals surface area contributed by atoms with Crippen LogP contribution < -0.4 is 10.6 Å². The number of nitriles is 1. The zero-order valence-electron chi connectivity index (χ0n) is 12.8. The number of hydrogen-bond acceptors (Lipinski definition) is 4. The summed E-state index contributed by atoms with van der Waals surface area (Å²) in [5.74, 6) is 0.0458. The Morgan fingerprint density at radius 3 is 2.13 bits per heavy atom. The Hall–Kier alpha value is -3.00. The first-order valence-electron chi connectivity index (χ1n) is 7.57. The summed E-state index contributed by atoms with van der Waals surface area (Å²) in [5.41, 5.74) is 8.73. The number of hydrogen-bond donors (Lipinski definition) is 1. The van der Waals surface area contributed by atoms with Gasteiger partial charge in [-0.3, -0.25) is 4.79 Å². The smallest absolute Gasteiger partial charge is 0.253 e. The van der Waals surface area contributed by atoms with Crippen molar-refractivity contribution in [2.24, 2.45) is 0 Å². The summed E-state index contributed by atoms with van der Waals surface area (Å²) < 4.78 is 0. The maximum absolute atomic E-state index is 12.5. The van der Waals surface area contributed by atoms with Crippen molar-refractivity contribution in [3.8, 4) is 6.07 Å². The Kier molecular flexibility index (Phi) is 4.15. The normalized spacial score (nSPS) is 14.4. The number of carbonyl (C=O) groups excluding carboxylic acids is 1. The van der Waals surface area contributed by atoms with Crippen molar-refractivity contribution >= 4 is 17.3 Å². The topological polar surface area (TPSA) is 73.4 Å². The molecule has 0 bridgehead atoms. The van der Waals surface area contributed by atoms with Crippen LogP contribution in [0.3, 0.4) is 0 Å². The molecule has 0 aromatic heterocycles. The molecule has 2 aromatic carbocycles. The summed E-state index contributed by atoms with van der Waals surface area (Å²) >= 11 is 0. The molecule has 1 saturated heterocycles. The minimum absolute atomic E-state index is 0.0458. The van der Waals surface area contributed by atoms with E-state index >= 15 is 0 Å². The van der Waals surface area contributed by atoms with Gasteiger partial charge in [0.25, 0.3) is 5.91 Å². The number of carbonyl (C=O) groups is 1. The second kappa shape index (κ2) is 6.41. The van der Waals surface area contributed by atoms with Crippen LogP contribution in [0.1, 0.15) is 15.9 Å². The van der Waals surface area contributed by atoms with Crippen molar-refractivity contribution < 1.29 is 4.79 Å². The van der Waals surface area contributed by atoms with E-state index < -0.39 is 0 Å². The summed E-state index contributed by atoms with van der Waals surface area (Å²) in [6.45, 7) is 2.94. The van der Waals surface area contributed by atoms with Gasteiger partial charge < -0.3 is 15.5 Å². The molecule has 0 aliphatic carbocycles. The minimum Gasteiger partial charge on any atom is -0.399 e. The molecule has 23 heavy (non-hydrogen) atoms. The number of benzene rings is 2. The van der Waals surface area contributed by atoms with Gasteiger partial charge in [-0.15, -0.1) is 0 Å². The van der Waals surface area contributed by atoms with Crippen molar-refractivity contribution in [1.29, 1.82) is 5.26 Å². The lowest BCUT2D eigenvalue weighted by Crippen LogP contribution is -2.48. The first-order valence-corrected chi connectivity index (χ1v) is 7.57. The van der Waals surface area contributed by atoms with Crippen LogP contribution in [-0.2, 0) is 0 Å². The first-order chi connectivity index (χ1) is 11.2. The molecular weight excluding hydrogens is 288 g/mol. The van der Waals surface area contributed by atoms with Gasteiger partial charge in [0.2, 0.25) is 0 Å². The summed E-state index contributed by atoms with van der Waals surface area (Å²) in [5, 5.41) is 8.84. The van der Waals surface area contributed by atoms with Gasteiger partial charge in [-0.25, -0.2) is 0 Å². The third-order valence-electron chi connectivity index (χ3n) is 4.09. The lowest BCUT2D eigenvalue weighted by molar-refractivity contribution is 0.0747. The standard InChI is InChI=1S/C18H18N4O/c19-13-14-1-7-17(8-2-14)21-9-11-22(12-10-21)18(23)15-3-5-16(20)6-4-15/h1-8H,9-12,20H2. The Labute approximate surface area is 135 Å². The highest BCUT2D eigenvalue weighted by molar-refractivity contribution is 5.94. The third-order valence-corrected chi connectivity index (χ3v) is 4.09. The summed E-state index contributed by atoms with van der Waals surface area (Å²) in [6.07, 6.45) is 0. The molecule has 1 aliphatic rings. The van der Waals surface area contributed by atoms with Crippen LogP contribution in [0.2, 0.25) is 0 Å². The monoisotopic (exact) mass is 306 g/mol. The number of piperazine rings is 1. The van der Waals surface area contributed by atoms with Crippen molar-refractivity contribution in [1.82, 2.24) is 4.90 Å². The predicted octanol–water partition coefficient (Wildman–Crippen LogP) is 2.10. The molecule has 1 aliphatic heterocycles. The van der Waals surface area contributed by atoms with Crippen LogP contribution >= 0.6 is 0 Å². The molecule has 1 fully saturated rings. The maximum Gasteiger partial charge on any atom is 0.253 e. The number of nitrogens with zero attached hydrogens (tertiary/aromatic N) is 3. The predicted molar refractivity (Wildman–Crippen MR) is 90.1 cm³/mol. The van der Waals surface area contributed by atoms with E-state index in [9.17, 15) is 4.79 Å². The fraction of sp³-hybridized carbons (Fsp3) is 0.222. The van der Waals surface area contributed by atoms with Crippen molar-refractivity contribution in [3.63, 3.8) is 0 Å². The van der Waals surface area contributed by atoms with Crippen LogP contribution in [0.5, 0.6) is 0 Å². The summed E-state index contributed by atoms with van der Waals surface area (Å²) in [7, 11) is 0. The van der Waals surface area contributed by atoms with Gasteiger partial charge in [-0.05, 0) is 48.5 Å². The molecule has 2 N–H and O–H groups in total. The molecule has 116 valence electrons. The highest BCUT2D eigenvalue weighted by atomic mass is 16.2. The Balaban J connectivity index is 1.62. The van der Waals surface area contributed by atoms with Crippen molar-refractivity contribution in [2.75, 3.05) is 36.8 Å².